The Labute approximate surface area is 230 Å². The number of halogens is 6. The fourth-order valence-electron chi connectivity index (χ4n) is 3.17. The SMILES string of the molecule is O=C(O[C@H](C(=O)NNC(=O)c1ccco1)[C@@H](OC(=O)c1cccc(C(F)(F)F)c1)C(=O)O)c1cccc(C(F)(F)F)c1. The zero-order chi connectivity index (χ0) is 31.2. The highest BCUT2D eigenvalue weighted by molar-refractivity contribution is 5.98. The summed E-state index contributed by atoms with van der Waals surface area (Å²) >= 11 is 0. The summed E-state index contributed by atoms with van der Waals surface area (Å²) in [6.45, 7) is 0. The van der Waals surface area contributed by atoms with Gasteiger partial charge < -0.3 is 19.0 Å². The molecule has 2 aromatic carbocycles. The monoisotopic (exact) mass is 602 g/mol. The molecule has 1 aromatic heterocycles. The van der Waals surface area contributed by atoms with E-state index in [-0.39, 0.29) is 5.76 Å². The number of aliphatic carboxylic acids is 1. The molecule has 1 heterocycles. The van der Waals surface area contributed by atoms with Gasteiger partial charge in [0.25, 0.3) is 5.91 Å². The summed E-state index contributed by atoms with van der Waals surface area (Å²) < 4.78 is 92.7. The van der Waals surface area contributed by atoms with Crippen molar-refractivity contribution in [3.05, 3.63) is 94.9 Å². The van der Waals surface area contributed by atoms with Gasteiger partial charge in [-0.3, -0.25) is 20.4 Å². The Morgan fingerprint density at radius 1 is 0.714 bits per heavy atom. The zero-order valence-corrected chi connectivity index (χ0v) is 20.5. The van der Waals surface area contributed by atoms with E-state index in [2.05, 4.69) is 4.74 Å². The van der Waals surface area contributed by atoms with E-state index in [4.69, 9.17) is 9.15 Å². The summed E-state index contributed by atoms with van der Waals surface area (Å²) in [6, 6.07) is 7.54. The van der Waals surface area contributed by atoms with Crippen LogP contribution in [-0.2, 0) is 31.4 Å². The van der Waals surface area contributed by atoms with E-state index in [1.807, 2.05) is 0 Å². The normalized spacial score (nSPS) is 12.9. The van der Waals surface area contributed by atoms with Crippen molar-refractivity contribution < 1.29 is 69.3 Å². The fraction of sp³-hybridized carbons (Fsp3) is 0.160. The topological polar surface area (TPSA) is 161 Å². The van der Waals surface area contributed by atoms with E-state index in [9.17, 15) is 55.4 Å². The summed E-state index contributed by atoms with van der Waals surface area (Å²) in [6.07, 6.45) is -14.2. The lowest BCUT2D eigenvalue weighted by molar-refractivity contribution is -0.159. The maximum atomic E-state index is 13.1. The van der Waals surface area contributed by atoms with E-state index >= 15 is 0 Å². The highest BCUT2D eigenvalue weighted by atomic mass is 19.4. The average Bonchev–Trinajstić information content (AvgIpc) is 3.47. The number of rotatable bonds is 8. The van der Waals surface area contributed by atoms with Crippen LogP contribution < -0.4 is 10.9 Å². The van der Waals surface area contributed by atoms with Crippen molar-refractivity contribution in [1.29, 1.82) is 0 Å². The molecule has 0 aliphatic carbocycles. The van der Waals surface area contributed by atoms with Crippen molar-refractivity contribution in [1.82, 2.24) is 10.9 Å². The number of alkyl halides is 6. The third-order valence-electron chi connectivity index (χ3n) is 5.14. The Morgan fingerprint density at radius 2 is 1.21 bits per heavy atom. The van der Waals surface area contributed by atoms with Gasteiger partial charge in [0.05, 0.1) is 28.5 Å². The van der Waals surface area contributed by atoms with Crippen LogP contribution in [0.1, 0.15) is 42.4 Å². The number of hydrazine groups is 1. The first-order valence-electron chi connectivity index (χ1n) is 11.2. The molecule has 222 valence electrons. The van der Waals surface area contributed by atoms with Gasteiger partial charge in [0.15, 0.2) is 5.76 Å². The first-order valence-corrected chi connectivity index (χ1v) is 11.2. The lowest BCUT2D eigenvalue weighted by Crippen LogP contribution is -2.54. The molecular formula is C25H16F6N2O9. The lowest BCUT2D eigenvalue weighted by atomic mass is 10.1. The predicted molar refractivity (Wildman–Crippen MR) is 123 cm³/mol. The van der Waals surface area contributed by atoms with Gasteiger partial charge in [-0.2, -0.15) is 26.3 Å². The smallest absolute Gasteiger partial charge is 0.416 e. The quantitative estimate of drug-likeness (QED) is 0.199. The summed E-state index contributed by atoms with van der Waals surface area (Å²) in [5, 5.41) is 9.65. The number of furan rings is 1. The van der Waals surface area contributed by atoms with Crippen molar-refractivity contribution in [2.24, 2.45) is 0 Å². The molecule has 0 fully saturated rings. The third kappa shape index (κ3) is 7.86. The molecule has 2 amide bonds. The van der Waals surface area contributed by atoms with Gasteiger partial charge in [-0.1, -0.05) is 12.1 Å². The van der Waals surface area contributed by atoms with Gasteiger partial charge in [0.2, 0.25) is 12.2 Å². The molecule has 42 heavy (non-hydrogen) atoms. The number of carbonyl (C=O) groups excluding carboxylic acids is 4. The van der Waals surface area contributed by atoms with Gasteiger partial charge in [-0.25, -0.2) is 14.4 Å². The van der Waals surface area contributed by atoms with Crippen molar-refractivity contribution in [3.63, 3.8) is 0 Å². The van der Waals surface area contributed by atoms with Crippen molar-refractivity contribution in [3.8, 4) is 0 Å². The van der Waals surface area contributed by atoms with Crippen LogP contribution in [0.2, 0.25) is 0 Å². The maximum Gasteiger partial charge on any atom is 0.416 e. The molecule has 0 aliphatic heterocycles. The number of esters is 2. The van der Waals surface area contributed by atoms with Crippen molar-refractivity contribution >= 4 is 29.7 Å². The highest BCUT2D eigenvalue weighted by Gasteiger charge is 2.42. The molecule has 0 unspecified atom stereocenters. The van der Waals surface area contributed by atoms with Gasteiger partial charge in [0, 0.05) is 0 Å². The molecule has 11 nitrogen and oxygen atoms in total. The van der Waals surface area contributed by atoms with Gasteiger partial charge >= 0.3 is 36.2 Å². The van der Waals surface area contributed by atoms with E-state index in [1.165, 1.54) is 6.07 Å². The molecule has 0 spiro atoms. The fourth-order valence-corrected chi connectivity index (χ4v) is 3.17. The number of carbonyl (C=O) groups is 5. The van der Waals surface area contributed by atoms with E-state index in [0.29, 0.717) is 24.3 Å². The Bertz CT molecular complexity index is 1490. The molecule has 17 heteroatoms. The number of nitrogens with one attached hydrogen (secondary N) is 2. The Morgan fingerprint density at radius 3 is 1.64 bits per heavy atom. The van der Waals surface area contributed by atoms with E-state index < -0.39 is 76.5 Å². The molecule has 0 saturated carbocycles. The van der Waals surface area contributed by atoms with Crippen LogP contribution in [0.15, 0.2) is 71.3 Å². The molecule has 2 atom stereocenters. The summed E-state index contributed by atoms with van der Waals surface area (Å²) in [7, 11) is 0. The number of carboxylic acid groups (broad SMARTS) is 1. The van der Waals surface area contributed by atoms with Crippen LogP contribution >= 0.6 is 0 Å². The number of ether oxygens (including phenoxy) is 2. The predicted octanol–water partition coefficient (Wildman–Crippen LogP) is 3.61. The van der Waals surface area contributed by atoms with Crippen molar-refractivity contribution in [2.45, 2.75) is 24.6 Å². The number of hydrogen-bond acceptors (Lipinski definition) is 8. The van der Waals surface area contributed by atoms with Crippen LogP contribution in [-0.4, -0.2) is 47.0 Å². The number of carboxylic acids is 1. The van der Waals surface area contributed by atoms with Crippen molar-refractivity contribution in [2.75, 3.05) is 0 Å². The molecule has 3 N–H and O–H groups in total. The minimum Gasteiger partial charge on any atom is -0.478 e. The molecule has 0 radical (unpaired) electrons. The Hall–Kier alpha value is -5.35. The largest absolute Gasteiger partial charge is 0.478 e. The summed E-state index contributed by atoms with van der Waals surface area (Å²) in [4.78, 5) is 62.1. The summed E-state index contributed by atoms with van der Waals surface area (Å²) in [5.74, 6) is -8.67. The standard InChI is InChI=1S/C25H16F6N2O9/c26-24(27,28)14-6-1-4-12(10-14)22(38)41-17(20(35)33-32-19(34)16-8-3-9-40-16)18(21(36)37)42-23(39)13-5-2-7-15(11-13)25(29,30)31/h1-11,17-18H,(H,32,34)(H,33,35)(H,36,37)/t17-,18+/m0/s1. The molecule has 0 saturated heterocycles. The molecule has 0 bridgehead atoms. The van der Waals surface area contributed by atoms with Crippen LogP contribution in [0.5, 0.6) is 0 Å². The lowest BCUT2D eigenvalue weighted by Gasteiger charge is -2.23. The first kappa shape index (κ1) is 31.2. The maximum absolute atomic E-state index is 13.1. The minimum absolute atomic E-state index is 0.314. The Kier molecular flexibility index (Phi) is 9.24. The van der Waals surface area contributed by atoms with Crippen LogP contribution in [0.3, 0.4) is 0 Å². The number of benzene rings is 2. The van der Waals surface area contributed by atoms with E-state index in [0.717, 1.165) is 36.6 Å². The summed E-state index contributed by atoms with van der Waals surface area (Å²) in [5.41, 5.74) is -0.784. The first-order chi connectivity index (χ1) is 19.6. The Balaban J connectivity index is 1.92. The molecule has 3 aromatic rings. The second kappa shape index (κ2) is 12.4. The second-order valence-electron chi connectivity index (χ2n) is 8.07. The number of amides is 2. The third-order valence-corrected chi connectivity index (χ3v) is 5.14. The average molecular weight is 602 g/mol. The van der Waals surface area contributed by atoms with Crippen LogP contribution in [0, 0.1) is 0 Å². The highest BCUT2D eigenvalue weighted by Crippen LogP contribution is 2.31. The van der Waals surface area contributed by atoms with Gasteiger partial charge in [-0.05, 0) is 48.5 Å². The number of hydrogen-bond donors (Lipinski definition) is 3. The minimum atomic E-state index is -4.91. The molecular weight excluding hydrogens is 586 g/mol. The molecule has 3 rings (SSSR count). The van der Waals surface area contributed by atoms with E-state index in [1.54, 1.807) is 10.9 Å². The van der Waals surface area contributed by atoms with Gasteiger partial charge in [-0.15, -0.1) is 0 Å². The second-order valence-corrected chi connectivity index (χ2v) is 8.07. The molecule has 0 aliphatic rings. The van der Waals surface area contributed by atoms with Gasteiger partial charge in [0.1, 0.15) is 0 Å². The van der Waals surface area contributed by atoms with Crippen LogP contribution in [0.25, 0.3) is 0 Å². The van der Waals surface area contributed by atoms with Crippen LogP contribution in [0.4, 0.5) is 26.3 Å². The zero-order valence-electron chi connectivity index (χ0n) is 20.5.